The van der Waals surface area contributed by atoms with E-state index < -0.39 is 0 Å². The van der Waals surface area contributed by atoms with E-state index in [1.54, 1.807) is 17.5 Å². The van der Waals surface area contributed by atoms with E-state index in [1.165, 1.54) is 21.8 Å². The van der Waals surface area contributed by atoms with Crippen LogP contribution in [0.15, 0.2) is 11.6 Å². The van der Waals surface area contributed by atoms with E-state index in [9.17, 15) is 10.5 Å². The zero-order chi connectivity index (χ0) is 16.4. The van der Waals surface area contributed by atoms with Crippen LogP contribution in [0.2, 0.25) is 0 Å². The van der Waals surface area contributed by atoms with Crippen molar-refractivity contribution in [1.29, 1.82) is 10.5 Å². The molecular weight excluding hydrogens is 324 g/mol. The van der Waals surface area contributed by atoms with Crippen LogP contribution in [0.5, 0.6) is 0 Å². The summed E-state index contributed by atoms with van der Waals surface area (Å²) in [7, 11) is 0. The van der Waals surface area contributed by atoms with Crippen molar-refractivity contribution in [2.45, 2.75) is 33.1 Å². The second-order valence-corrected chi connectivity index (χ2v) is 7.74. The summed E-state index contributed by atoms with van der Waals surface area (Å²) in [6.45, 7) is 4.16. The van der Waals surface area contributed by atoms with Gasteiger partial charge in [0, 0.05) is 22.2 Å². The van der Waals surface area contributed by atoms with Crippen LogP contribution in [-0.4, -0.2) is 4.98 Å². The standard InChI is InChI=1S/C17H16N4S2/c1-10-3-4-13-14(7-19)17(23-15(13)5-10)20-8-12(6-18)16-21-11(2)9-22-16/h8-10,20H,3-5H2,1-2H3/b12-8+/t10-/m1/s1. The summed E-state index contributed by atoms with van der Waals surface area (Å²) < 4.78 is 0. The lowest BCUT2D eigenvalue weighted by Gasteiger charge is -2.17. The van der Waals surface area contributed by atoms with Gasteiger partial charge in [-0.25, -0.2) is 4.98 Å². The maximum absolute atomic E-state index is 9.49. The lowest BCUT2D eigenvalue weighted by atomic mass is 9.89. The molecule has 0 aromatic carbocycles. The van der Waals surface area contributed by atoms with Crippen molar-refractivity contribution < 1.29 is 0 Å². The summed E-state index contributed by atoms with van der Waals surface area (Å²) in [5, 5.41) is 25.5. The number of hydrogen-bond acceptors (Lipinski definition) is 6. The van der Waals surface area contributed by atoms with Crippen LogP contribution in [-0.2, 0) is 12.8 Å². The number of anilines is 1. The molecule has 0 saturated heterocycles. The molecule has 0 spiro atoms. The summed E-state index contributed by atoms with van der Waals surface area (Å²) >= 11 is 3.09. The van der Waals surface area contributed by atoms with Gasteiger partial charge in [-0.15, -0.1) is 22.7 Å². The Balaban J connectivity index is 1.90. The summed E-state index contributed by atoms with van der Waals surface area (Å²) in [6, 6.07) is 4.50. The molecule has 116 valence electrons. The van der Waals surface area contributed by atoms with Crippen LogP contribution in [0.1, 0.15) is 40.1 Å². The number of fused-ring (bicyclic) bond motifs is 1. The predicted octanol–water partition coefficient (Wildman–Crippen LogP) is 4.49. The third-order valence-electron chi connectivity index (χ3n) is 3.94. The SMILES string of the molecule is Cc1csc(/C(C#N)=C/Nc2sc3c(c2C#N)CC[C@@H](C)C3)n1. The highest BCUT2D eigenvalue weighted by molar-refractivity contribution is 7.16. The molecule has 3 rings (SSSR count). The number of aryl methyl sites for hydroxylation is 1. The van der Waals surface area contributed by atoms with E-state index in [1.807, 2.05) is 12.3 Å². The number of thiophene rings is 1. The van der Waals surface area contributed by atoms with Gasteiger partial charge in [-0.05, 0) is 37.7 Å². The lowest BCUT2D eigenvalue weighted by molar-refractivity contribution is 0.507. The molecule has 2 heterocycles. The molecule has 0 saturated carbocycles. The van der Waals surface area contributed by atoms with Crippen molar-refractivity contribution in [1.82, 2.24) is 4.98 Å². The van der Waals surface area contributed by atoms with Gasteiger partial charge in [0.05, 0.1) is 5.56 Å². The molecular formula is C17H16N4S2. The zero-order valence-electron chi connectivity index (χ0n) is 13.0. The highest BCUT2D eigenvalue weighted by Gasteiger charge is 2.23. The van der Waals surface area contributed by atoms with Crippen molar-refractivity contribution in [2.24, 2.45) is 5.92 Å². The van der Waals surface area contributed by atoms with Gasteiger partial charge < -0.3 is 5.32 Å². The van der Waals surface area contributed by atoms with Crippen LogP contribution in [0.3, 0.4) is 0 Å². The van der Waals surface area contributed by atoms with Gasteiger partial charge in [-0.1, -0.05) is 6.92 Å². The summed E-state index contributed by atoms with van der Waals surface area (Å²) in [6.07, 6.45) is 4.81. The Kier molecular flexibility index (Phi) is 4.47. The van der Waals surface area contributed by atoms with Crippen LogP contribution >= 0.6 is 22.7 Å². The molecule has 4 nitrogen and oxygen atoms in total. The molecule has 1 aliphatic carbocycles. The van der Waals surface area contributed by atoms with Gasteiger partial charge in [-0.3, -0.25) is 0 Å². The molecule has 0 unspecified atom stereocenters. The van der Waals surface area contributed by atoms with Gasteiger partial charge in [0.15, 0.2) is 0 Å². The Labute approximate surface area is 143 Å². The first-order chi connectivity index (χ1) is 11.1. The van der Waals surface area contributed by atoms with Crippen molar-refractivity contribution in [3.05, 3.63) is 38.3 Å². The van der Waals surface area contributed by atoms with Gasteiger partial charge >= 0.3 is 0 Å². The van der Waals surface area contributed by atoms with E-state index >= 15 is 0 Å². The van der Waals surface area contributed by atoms with Crippen molar-refractivity contribution >= 4 is 33.2 Å². The normalized spacial score (nSPS) is 17.2. The average Bonchev–Trinajstić information content (AvgIpc) is 3.10. The van der Waals surface area contributed by atoms with Crippen LogP contribution in [0, 0.1) is 35.5 Å². The van der Waals surface area contributed by atoms with Gasteiger partial charge in [0.25, 0.3) is 0 Å². The van der Waals surface area contributed by atoms with Crippen molar-refractivity contribution in [3.8, 4) is 12.1 Å². The van der Waals surface area contributed by atoms with E-state index in [2.05, 4.69) is 29.4 Å². The number of aromatic nitrogens is 1. The molecule has 0 bridgehead atoms. The molecule has 2 aromatic heterocycles. The second kappa shape index (κ2) is 6.54. The molecule has 0 fully saturated rings. The number of rotatable bonds is 3. The molecule has 6 heteroatoms. The number of hydrogen-bond donors (Lipinski definition) is 1. The highest BCUT2D eigenvalue weighted by Crippen LogP contribution is 2.39. The summed E-state index contributed by atoms with van der Waals surface area (Å²) in [4.78, 5) is 5.64. The van der Waals surface area contributed by atoms with Crippen LogP contribution < -0.4 is 5.32 Å². The van der Waals surface area contributed by atoms with Gasteiger partial charge in [0.1, 0.15) is 27.7 Å². The largest absolute Gasteiger partial charge is 0.351 e. The minimum absolute atomic E-state index is 0.492. The highest BCUT2D eigenvalue weighted by atomic mass is 32.1. The Morgan fingerprint density at radius 1 is 1.48 bits per heavy atom. The smallest absolute Gasteiger partial charge is 0.135 e. The minimum atomic E-state index is 0.492. The minimum Gasteiger partial charge on any atom is -0.351 e. The molecule has 1 N–H and O–H groups in total. The van der Waals surface area contributed by atoms with E-state index in [0.29, 0.717) is 16.5 Å². The molecule has 0 amide bonds. The molecule has 1 atom stereocenters. The van der Waals surface area contributed by atoms with Crippen molar-refractivity contribution in [2.75, 3.05) is 5.32 Å². The third-order valence-corrected chi connectivity index (χ3v) is 6.12. The zero-order valence-corrected chi connectivity index (χ0v) is 14.6. The number of allylic oxidation sites excluding steroid dienone is 1. The number of thiazole rings is 1. The molecule has 0 radical (unpaired) electrons. The monoisotopic (exact) mass is 340 g/mol. The lowest BCUT2D eigenvalue weighted by Crippen LogP contribution is -2.09. The van der Waals surface area contributed by atoms with Crippen molar-refractivity contribution in [3.63, 3.8) is 0 Å². The fraction of sp³-hybridized carbons (Fsp3) is 0.353. The van der Waals surface area contributed by atoms with E-state index in [4.69, 9.17) is 0 Å². The summed E-state index contributed by atoms with van der Waals surface area (Å²) in [5.74, 6) is 0.670. The quantitative estimate of drug-likeness (QED) is 0.836. The molecule has 0 aliphatic heterocycles. The summed E-state index contributed by atoms with van der Waals surface area (Å²) in [5.41, 5.74) is 3.33. The Bertz CT molecular complexity index is 845. The molecule has 2 aromatic rings. The fourth-order valence-corrected chi connectivity index (χ4v) is 4.82. The average molecular weight is 340 g/mol. The first-order valence-corrected chi connectivity index (χ1v) is 9.16. The first kappa shape index (κ1) is 15.7. The molecule has 23 heavy (non-hydrogen) atoms. The van der Waals surface area contributed by atoms with E-state index in [-0.39, 0.29) is 0 Å². The topological polar surface area (TPSA) is 72.5 Å². The maximum atomic E-state index is 9.49. The first-order valence-electron chi connectivity index (χ1n) is 7.46. The van der Waals surface area contributed by atoms with Gasteiger partial charge in [-0.2, -0.15) is 10.5 Å². The fourth-order valence-electron chi connectivity index (χ4n) is 2.73. The second-order valence-electron chi connectivity index (χ2n) is 5.78. The Morgan fingerprint density at radius 3 is 2.96 bits per heavy atom. The van der Waals surface area contributed by atoms with Crippen LogP contribution in [0.4, 0.5) is 5.00 Å². The Morgan fingerprint density at radius 2 is 2.30 bits per heavy atom. The maximum Gasteiger partial charge on any atom is 0.135 e. The number of nitrogens with one attached hydrogen (secondary N) is 1. The predicted molar refractivity (Wildman–Crippen MR) is 94.3 cm³/mol. The number of nitrogens with zero attached hydrogens (tertiary/aromatic N) is 3. The van der Waals surface area contributed by atoms with Crippen LogP contribution in [0.25, 0.3) is 5.57 Å². The van der Waals surface area contributed by atoms with Gasteiger partial charge in [0.2, 0.25) is 0 Å². The number of nitriles is 2. The molecule has 1 aliphatic rings. The Hall–Kier alpha value is -2.15. The van der Waals surface area contributed by atoms with E-state index in [0.717, 1.165) is 35.5 Å². The third kappa shape index (κ3) is 3.14.